The Bertz CT molecular complexity index is 822. The number of aryl methyl sites for hydroxylation is 1. The van der Waals surface area contributed by atoms with Gasteiger partial charge < -0.3 is 10.2 Å². The van der Waals surface area contributed by atoms with Crippen molar-refractivity contribution in [2.24, 2.45) is 0 Å². The molecule has 0 aliphatic carbocycles. The summed E-state index contributed by atoms with van der Waals surface area (Å²) in [6.07, 6.45) is 1.54. The standard InChI is InChI=1S/C18H15NO4S/c1-11-7-13(8-14(20)16(11)21)9-15-17(22)19(18(23)24-15)10-12-5-3-2-4-6-12/h2-9,20-21H,10H2,1H3/b15-9-. The summed E-state index contributed by atoms with van der Waals surface area (Å²) in [5, 5.41) is 18.9. The van der Waals surface area contributed by atoms with E-state index in [1.165, 1.54) is 11.0 Å². The number of phenolic OH excluding ortho intramolecular Hbond substituents is 2. The van der Waals surface area contributed by atoms with Gasteiger partial charge in [-0.15, -0.1) is 0 Å². The molecule has 3 rings (SSSR count). The Morgan fingerprint density at radius 1 is 1.12 bits per heavy atom. The number of amides is 2. The number of hydrogen-bond donors (Lipinski definition) is 2. The van der Waals surface area contributed by atoms with E-state index in [0.717, 1.165) is 17.3 Å². The molecule has 1 aliphatic heterocycles. The van der Waals surface area contributed by atoms with Crippen LogP contribution in [0.5, 0.6) is 11.5 Å². The third kappa shape index (κ3) is 3.14. The molecule has 1 saturated heterocycles. The Balaban J connectivity index is 1.86. The van der Waals surface area contributed by atoms with Crippen molar-refractivity contribution in [1.29, 1.82) is 0 Å². The highest BCUT2D eigenvalue weighted by molar-refractivity contribution is 8.18. The summed E-state index contributed by atoms with van der Waals surface area (Å²) in [6, 6.07) is 12.3. The Hall–Kier alpha value is -2.73. The van der Waals surface area contributed by atoms with Gasteiger partial charge in [0.05, 0.1) is 11.4 Å². The molecule has 2 aromatic rings. The lowest BCUT2D eigenvalue weighted by Gasteiger charge is -2.12. The van der Waals surface area contributed by atoms with Crippen LogP contribution in [0.3, 0.4) is 0 Å². The van der Waals surface area contributed by atoms with Crippen LogP contribution in [-0.4, -0.2) is 26.3 Å². The maximum atomic E-state index is 12.5. The molecule has 2 amide bonds. The van der Waals surface area contributed by atoms with Gasteiger partial charge in [-0.25, -0.2) is 0 Å². The van der Waals surface area contributed by atoms with Crippen LogP contribution in [0.15, 0.2) is 47.4 Å². The Morgan fingerprint density at radius 3 is 2.50 bits per heavy atom. The van der Waals surface area contributed by atoms with Crippen LogP contribution < -0.4 is 0 Å². The molecule has 0 spiro atoms. The molecule has 0 unspecified atom stereocenters. The zero-order chi connectivity index (χ0) is 17.3. The van der Waals surface area contributed by atoms with Gasteiger partial charge in [0.1, 0.15) is 0 Å². The number of carbonyl (C=O) groups excluding carboxylic acids is 2. The lowest BCUT2D eigenvalue weighted by Crippen LogP contribution is -2.27. The van der Waals surface area contributed by atoms with Gasteiger partial charge in [0, 0.05) is 0 Å². The van der Waals surface area contributed by atoms with Crippen molar-refractivity contribution in [3.05, 3.63) is 64.1 Å². The van der Waals surface area contributed by atoms with E-state index in [0.29, 0.717) is 16.0 Å². The second-order valence-corrected chi connectivity index (χ2v) is 6.45. The number of imide groups is 1. The lowest BCUT2D eigenvalue weighted by molar-refractivity contribution is -0.123. The molecule has 2 N–H and O–H groups in total. The van der Waals surface area contributed by atoms with Crippen LogP contribution in [-0.2, 0) is 11.3 Å². The van der Waals surface area contributed by atoms with Gasteiger partial charge in [-0.1, -0.05) is 30.3 Å². The van der Waals surface area contributed by atoms with Crippen LogP contribution in [0, 0.1) is 6.92 Å². The summed E-state index contributed by atoms with van der Waals surface area (Å²) in [5.41, 5.74) is 1.91. The molecule has 5 nitrogen and oxygen atoms in total. The smallest absolute Gasteiger partial charge is 0.293 e. The highest BCUT2D eigenvalue weighted by Crippen LogP contribution is 2.35. The van der Waals surface area contributed by atoms with Crippen LogP contribution in [0.25, 0.3) is 6.08 Å². The van der Waals surface area contributed by atoms with Gasteiger partial charge in [0.2, 0.25) is 0 Å². The van der Waals surface area contributed by atoms with E-state index in [4.69, 9.17) is 0 Å². The van der Waals surface area contributed by atoms with Gasteiger partial charge in [-0.2, -0.15) is 0 Å². The molecule has 0 bridgehead atoms. The van der Waals surface area contributed by atoms with Crippen molar-refractivity contribution >= 4 is 29.0 Å². The molecule has 122 valence electrons. The van der Waals surface area contributed by atoms with Crippen molar-refractivity contribution in [3.63, 3.8) is 0 Å². The molecule has 1 fully saturated rings. The van der Waals surface area contributed by atoms with Crippen molar-refractivity contribution in [3.8, 4) is 11.5 Å². The molecule has 0 radical (unpaired) electrons. The number of carbonyl (C=O) groups is 2. The predicted octanol–water partition coefficient (Wildman–Crippen LogP) is 3.64. The number of thioether (sulfide) groups is 1. The molecule has 0 aromatic heterocycles. The Morgan fingerprint density at radius 2 is 1.83 bits per heavy atom. The number of benzene rings is 2. The minimum Gasteiger partial charge on any atom is -0.504 e. The topological polar surface area (TPSA) is 77.8 Å². The van der Waals surface area contributed by atoms with Gasteiger partial charge in [0.25, 0.3) is 11.1 Å². The summed E-state index contributed by atoms with van der Waals surface area (Å²) >= 11 is 0.866. The fourth-order valence-corrected chi connectivity index (χ4v) is 3.26. The molecule has 1 aliphatic rings. The minimum absolute atomic E-state index is 0.190. The first-order valence-corrected chi connectivity index (χ1v) is 8.09. The number of hydrogen-bond acceptors (Lipinski definition) is 5. The fourth-order valence-electron chi connectivity index (χ4n) is 2.43. The average molecular weight is 341 g/mol. The summed E-state index contributed by atoms with van der Waals surface area (Å²) in [5.74, 6) is -0.812. The molecule has 2 aromatic carbocycles. The minimum atomic E-state index is -0.362. The van der Waals surface area contributed by atoms with Crippen molar-refractivity contribution in [2.45, 2.75) is 13.5 Å². The Labute approximate surface area is 143 Å². The number of phenols is 2. The third-order valence-corrected chi connectivity index (χ3v) is 4.56. The highest BCUT2D eigenvalue weighted by atomic mass is 32.2. The van der Waals surface area contributed by atoms with Crippen LogP contribution >= 0.6 is 11.8 Å². The summed E-state index contributed by atoms with van der Waals surface area (Å²) in [4.78, 5) is 26.1. The van der Waals surface area contributed by atoms with E-state index < -0.39 is 0 Å². The second-order valence-electron chi connectivity index (χ2n) is 5.46. The van der Waals surface area contributed by atoms with Crippen molar-refractivity contribution < 1.29 is 19.8 Å². The van der Waals surface area contributed by atoms with Crippen LogP contribution in [0.2, 0.25) is 0 Å². The first-order valence-electron chi connectivity index (χ1n) is 7.27. The van der Waals surface area contributed by atoms with E-state index in [1.807, 2.05) is 30.3 Å². The van der Waals surface area contributed by atoms with E-state index >= 15 is 0 Å². The van der Waals surface area contributed by atoms with Gasteiger partial charge in [0.15, 0.2) is 11.5 Å². The molecule has 1 heterocycles. The monoisotopic (exact) mass is 341 g/mol. The quantitative estimate of drug-likeness (QED) is 0.658. The lowest BCUT2D eigenvalue weighted by atomic mass is 10.1. The number of aromatic hydroxyl groups is 2. The maximum absolute atomic E-state index is 12.5. The molecular weight excluding hydrogens is 326 g/mol. The number of nitrogens with zero attached hydrogens (tertiary/aromatic N) is 1. The van der Waals surface area contributed by atoms with E-state index in [2.05, 4.69) is 0 Å². The van der Waals surface area contributed by atoms with Crippen molar-refractivity contribution in [2.75, 3.05) is 0 Å². The predicted molar refractivity (Wildman–Crippen MR) is 92.5 cm³/mol. The van der Waals surface area contributed by atoms with Crippen molar-refractivity contribution in [1.82, 2.24) is 4.90 Å². The molecule has 6 heteroatoms. The second kappa shape index (κ2) is 6.41. The SMILES string of the molecule is Cc1cc(/C=C2\SC(=O)N(Cc3ccccc3)C2=O)cc(O)c1O. The molecule has 24 heavy (non-hydrogen) atoms. The van der Waals surface area contributed by atoms with Crippen LogP contribution in [0.1, 0.15) is 16.7 Å². The Kier molecular flexibility index (Phi) is 4.31. The van der Waals surface area contributed by atoms with Gasteiger partial charge in [-0.05, 0) is 53.6 Å². The first kappa shape index (κ1) is 16.1. The van der Waals surface area contributed by atoms with Gasteiger partial charge in [-0.3, -0.25) is 14.5 Å². The largest absolute Gasteiger partial charge is 0.504 e. The third-order valence-electron chi connectivity index (χ3n) is 3.66. The normalized spacial score (nSPS) is 16.2. The van der Waals surface area contributed by atoms with Gasteiger partial charge >= 0.3 is 0 Å². The fraction of sp³-hybridized carbons (Fsp3) is 0.111. The zero-order valence-corrected chi connectivity index (χ0v) is 13.7. The first-order chi connectivity index (χ1) is 11.5. The summed E-state index contributed by atoms with van der Waals surface area (Å²) in [7, 11) is 0. The zero-order valence-electron chi connectivity index (χ0n) is 12.9. The van der Waals surface area contributed by atoms with E-state index in [-0.39, 0.29) is 29.2 Å². The van der Waals surface area contributed by atoms with Crippen LogP contribution in [0.4, 0.5) is 4.79 Å². The van der Waals surface area contributed by atoms with E-state index in [9.17, 15) is 19.8 Å². The molecule has 0 atom stereocenters. The van der Waals surface area contributed by atoms with E-state index in [1.54, 1.807) is 19.1 Å². The molecule has 0 saturated carbocycles. The maximum Gasteiger partial charge on any atom is 0.293 e. The number of rotatable bonds is 3. The summed E-state index contributed by atoms with van der Waals surface area (Å²) < 4.78 is 0. The summed E-state index contributed by atoms with van der Waals surface area (Å²) in [6.45, 7) is 1.87. The highest BCUT2D eigenvalue weighted by Gasteiger charge is 2.34. The average Bonchev–Trinajstić information content (AvgIpc) is 2.81. The molecular formula is C18H15NO4S.